The second kappa shape index (κ2) is 9.60. The van der Waals surface area contributed by atoms with Crippen LogP contribution in [0, 0.1) is 0 Å². The average Bonchev–Trinajstić information content (AvgIpc) is 3.32. The average molecular weight is 509 g/mol. The van der Waals surface area contributed by atoms with Gasteiger partial charge in [-0.2, -0.15) is 18.2 Å². The van der Waals surface area contributed by atoms with Gasteiger partial charge in [0.25, 0.3) is 0 Å². The van der Waals surface area contributed by atoms with E-state index in [1.54, 1.807) is 9.80 Å². The first-order valence-corrected chi connectivity index (χ1v) is 11.8. The third kappa shape index (κ3) is 4.97. The SMILES string of the molecule is O=C(O)N1CC(c2nc(C3CC(c4ccc(C(F)(F)F)cc4)CN(C(=O)N4CCOCC4)C3)no2)C1. The maximum Gasteiger partial charge on any atom is 0.416 e. The fraction of sp³-hybridized carbons (Fsp3) is 0.565. The van der Waals surface area contributed by atoms with Crippen LogP contribution in [0.4, 0.5) is 22.8 Å². The van der Waals surface area contributed by atoms with Crippen molar-refractivity contribution in [3.8, 4) is 0 Å². The molecular weight excluding hydrogens is 483 g/mol. The molecule has 0 radical (unpaired) electrons. The summed E-state index contributed by atoms with van der Waals surface area (Å²) in [6.07, 6.45) is -4.90. The highest BCUT2D eigenvalue weighted by atomic mass is 19.4. The third-order valence-corrected chi connectivity index (χ3v) is 7.04. The van der Waals surface area contributed by atoms with Crippen LogP contribution in [0.25, 0.3) is 0 Å². The number of amides is 3. The highest BCUT2D eigenvalue weighted by Gasteiger charge is 2.39. The number of urea groups is 1. The normalized spacial score (nSPS) is 23.5. The second-order valence-corrected chi connectivity index (χ2v) is 9.41. The Hall–Kier alpha value is -3.35. The Morgan fingerprint density at radius 2 is 1.56 bits per heavy atom. The summed E-state index contributed by atoms with van der Waals surface area (Å²) in [6.45, 7) is 3.10. The van der Waals surface area contributed by atoms with Crippen molar-refractivity contribution < 1.29 is 37.1 Å². The monoisotopic (exact) mass is 509 g/mol. The molecule has 10 nitrogen and oxygen atoms in total. The number of piperidine rings is 1. The molecule has 194 valence electrons. The van der Waals surface area contributed by atoms with Gasteiger partial charge in [-0.1, -0.05) is 17.3 Å². The highest BCUT2D eigenvalue weighted by Crippen LogP contribution is 2.38. The predicted octanol–water partition coefficient (Wildman–Crippen LogP) is 3.19. The van der Waals surface area contributed by atoms with Crippen LogP contribution < -0.4 is 0 Å². The van der Waals surface area contributed by atoms with Crippen molar-refractivity contribution in [2.75, 3.05) is 52.5 Å². The predicted molar refractivity (Wildman–Crippen MR) is 118 cm³/mol. The van der Waals surface area contributed by atoms with Crippen molar-refractivity contribution in [3.05, 3.63) is 47.1 Å². The zero-order valence-corrected chi connectivity index (χ0v) is 19.4. The van der Waals surface area contributed by atoms with Gasteiger partial charge in [0.15, 0.2) is 5.82 Å². The van der Waals surface area contributed by atoms with E-state index < -0.39 is 17.8 Å². The number of alkyl halides is 3. The molecule has 1 N–H and O–H groups in total. The molecule has 0 aliphatic carbocycles. The molecule has 0 saturated carbocycles. The number of nitrogens with zero attached hydrogens (tertiary/aromatic N) is 5. The minimum Gasteiger partial charge on any atom is -0.465 e. The van der Waals surface area contributed by atoms with Crippen molar-refractivity contribution in [1.29, 1.82) is 0 Å². The number of likely N-dealkylation sites (tertiary alicyclic amines) is 2. The number of aromatic nitrogens is 2. The first kappa shape index (κ1) is 24.3. The number of morpholine rings is 1. The molecule has 3 amide bonds. The summed E-state index contributed by atoms with van der Waals surface area (Å²) in [5.41, 5.74) is -0.0224. The Morgan fingerprint density at radius 1 is 0.917 bits per heavy atom. The lowest BCUT2D eigenvalue weighted by atomic mass is 9.84. The standard InChI is InChI=1S/C23H26F3N5O5/c24-23(25,26)18-3-1-14(2-4-18)15-9-16(11-30(10-15)21(32)29-5-7-35-8-6-29)19-27-20(36-28-19)17-12-31(13-17)22(33)34/h1-4,15-17H,5-13H2,(H,33,34). The first-order valence-electron chi connectivity index (χ1n) is 11.8. The molecule has 2 aromatic rings. The van der Waals surface area contributed by atoms with E-state index in [4.69, 9.17) is 14.4 Å². The second-order valence-electron chi connectivity index (χ2n) is 9.41. The minimum absolute atomic E-state index is 0.153. The van der Waals surface area contributed by atoms with Crippen LogP contribution in [0.2, 0.25) is 0 Å². The van der Waals surface area contributed by atoms with Crippen LogP contribution in [0.3, 0.4) is 0 Å². The molecule has 1 aromatic carbocycles. The maximum absolute atomic E-state index is 13.3. The molecule has 2 atom stereocenters. The Kier molecular flexibility index (Phi) is 6.49. The molecule has 36 heavy (non-hydrogen) atoms. The molecule has 3 aliphatic rings. The number of halogens is 3. The van der Waals surface area contributed by atoms with Crippen molar-refractivity contribution in [2.45, 2.75) is 30.4 Å². The van der Waals surface area contributed by atoms with Crippen molar-refractivity contribution in [2.24, 2.45) is 0 Å². The molecule has 3 aliphatic heterocycles. The molecule has 3 saturated heterocycles. The highest BCUT2D eigenvalue weighted by molar-refractivity contribution is 5.75. The molecule has 13 heteroatoms. The number of hydrogen-bond acceptors (Lipinski definition) is 6. The van der Waals surface area contributed by atoms with Gasteiger partial charge in [-0.25, -0.2) is 9.59 Å². The summed E-state index contributed by atoms with van der Waals surface area (Å²) in [4.78, 5) is 33.5. The van der Waals surface area contributed by atoms with Crippen LogP contribution in [0.15, 0.2) is 28.8 Å². The minimum atomic E-state index is -4.43. The smallest absolute Gasteiger partial charge is 0.416 e. The van der Waals surface area contributed by atoms with E-state index in [9.17, 15) is 22.8 Å². The molecule has 3 fully saturated rings. The zero-order chi connectivity index (χ0) is 25.4. The lowest BCUT2D eigenvalue weighted by Crippen LogP contribution is -2.52. The summed E-state index contributed by atoms with van der Waals surface area (Å²) in [5.74, 6) is 0.0801. The number of hydrogen-bond donors (Lipinski definition) is 1. The van der Waals surface area contributed by atoms with E-state index in [1.165, 1.54) is 17.0 Å². The van der Waals surface area contributed by atoms with Crippen LogP contribution in [0.1, 0.15) is 47.0 Å². The fourth-order valence-corrected chi connectivity index (χ4v) is 4.95. The van der Waals surface area contributed by atoms with E-state index in [-0.39, 0.29) is 36.9 Å². The van der Waals surface area contributed by atoms with E-state index in [1.807, 2.05) is 0 Å². The van der Waals surface area contributed by atoms with Gasteiger partial charge in [-0.05, 0) is 24.1 Å². The molecule has 0 spiro atoms. The maximum atomic E-state index is 13.3. The van der Waals surface area contributed by atoms with Crippen LogP contribution in [-0.4, -0.2) is 94.6 Å². The van der Waals surface area contributed by atoms with E-state index >= 15 is 0 Å². The number of benzene rings is 1. The summed E-state index contributed by atoms with van der Waals surface area (Å²) in [5, 5.41) is 13.2. The van der Waals surface area contributed by atoms with Gasteiger partial charge in [0.1, 0.15) is 0 Å². The quantitative estimate of drug-likeness (QED) is 0.676. The third-order valence-electron chi connectivity index (χ3n) is 7.04. The summed E-state index contributed by atoms with van der Waals surface area (Å²) >= 11 is 0. The van der Waals surface area contributed by atoms with Gasteiger partial charge >= 0.3 is 18.3 Å². The number of carbonyl (C=O) groups excluding carboxylic acids is 1. The van der Waals surface area contributed by atoms with Crippen molar-refractivity contribution >= 4 is 12.1 Å². The first-order chi connectivity index (χ1) is 17.2. The molecule has 4 heterocycles. The van der Waals surface area contributed by atoms with Gasteiger partial charge in [-0.3, -0.25) is 0 Å². The number of rotatable bonds is 3. The summed E-state index contributed by atoms with van der Waals surface area (Å²) in [6, 6.07) is 4.89. The van der Waals surface area contributed by atoms with E-state index in [0.717, 1.165) is 12.1 Å². The summed E-state index contributed by atoms with van der Waals surface area (Å²) in [7, 11) is 0. The van der Waals surface area contributed by atoms with Crippen LogP contribution in [0.5, 0.6) is 0 Å². The summed E-state index contributed by atoms with van der Waals surface area (Å²) < 4.78 is 49.9. The lowest BCUT2D eigenvalue weighted by molar-refractivity contribution is -0.137. The number of carboxylic acid groups (broad SMARTS) is 1. The number of carbonyl (C=O) groups is 2. The molecule has 2 unspecified atom stereocenters. The Morgan fingerprint density at radius 3 is 2.19 bits per heavy atom. The van der Waals surface area contributed by atoms with Gasteiger partial charge in [0.2, 0.25) is 5.89 Å². The van der Waals surface area contributed by atoms with Gasteiger partial charge < -0.3 is 29.1 Å². The lowest BCUT2D eigenvalue weighted by Gasteiger charge is -2.40. The number of ether oxygens (including phenoxy) is 1. The topological polar surface area (TPSA) is 112 Å². The van der Waals surface area contributed by atoms with E-state index in [0.29, 0.717) is 63.1 Å². The molecule has 1 aromatic heterocycles. The Balaban J connectivity index is 1.36. The Labute approximate surface area is 204 Å². The van der Waals surface area contributed by atoms with Gasteiger partial charge in [0.05, 0.1) is 24.7 Å². The van der Waals surface area contributed by atoms with Gasteiger partial charge in [-0.15, -0.1) is 0 Å². The van der Waals surface area contributed by atoms with Crippen LogP contribution >= 0.6 is 0 Å². The van der Waals surface area contributed by atoms with Crippen molar-refractivity contribution in [3.63, 3.8) is 0 Å². The van der Waals surface area contributed by atoms with E-state index in [2.05, 4.69) is 10.1 Å². The zero-order valence-electron chi connectivity index (χ0n) is 19.4. The van der Waals surface area contributed by atoms with Gasteiger partial charge in [0, 0.05) is 51.1 Å². The fourth-order valence-electron chi connectivity index (χ4n) is 4.95. The largest absolute Gasteiger partial charge is 0.465 e. The molecule has 5 rings (SSSR count). The molecular formula is C23H26F3N5O5. The van der Waals surface area contributed by atoms with Crippen LogP contribution in [-0.2, 0) is 10.9 Å². The van der Waals surface area contributed by atoms with Crippen molar-refractivity contribution in [1.82, 2.24) is 24.8 Å². The molecule has 0 bridgehead atoms. The Bertz CT molecular complexity index is 1100.